The summed E-state index contributed by atoms with van der Waals surface area (Å²) in [5.41, 5.74) is 2.23. The van der Waals surface area contributed by atoms with E-state index in [4.69, 9.17) is 0 Å². The Labute approximate surface area is 126 Å². The average Bonchev–Trinajstić information content (AvgIpc) is 2.78. The van der Waals surface area contributed by atoms with E-state index in [9.17, 15) is 13.2 Å². The first-order valence-electron chi connectivity index (χ1n) is 5.95. The van der Waals surface area contributed by atoms with Gasteiger partial charge in [-0.3, -0.25) is 9.52 Å². The number of rotatable bonds is 4. The molecule has 0 aliphatic rings. The van der Waals surface area contributed by atoms with E-state index in [0.29, 0.717) is 21.9 Å². The Morgan fingerprint density at radius 3 is 2.57 bits per heavy atom. The molecule has 2 rings (SSSR count). The quantitative estimate of drug-likeness (QED) is 0.892. The van der Waals surface area contributed by atoms with Gasteiger partial charge in [0.2, 0.25) is 10.0 Å². The van der Waals surface area contributed by atoms with Crippen LogP contribution in [-0.2, 0) is 10.0 Å². The summed E-state index contributed by atoms with van der Waals surface area (Å²) in [5.74, 6) is -0.323. The Bertz CT molecular complexity index is 784. The first-order valence-corrected chi connectivity index (χ1v) is 8.61. The van der Waals surface area contributed by atoms with Gasteiger partial charge in [0, 0.05) is 5.69 Å². The molecule has 0 aliphatic heterocycles. The van der Waals surface area contributed by atoms with Gasteiger partial charge in [0.1, 0.15) is 4.88 Å². The van der Waals surface area contributed by atoms with Crippen molar-refractivity contribution < 1.29 is 13.2 Å². The maximum Gasteiger partial charge on any atom is 0.269 e. The van der Waals surface area contributed by atoms with E-state index in [1.54, 1.807) is 32.0 Å². The number of aromatic nitrogens is 2. The molecule has 112 valence electrons. The number of carbonyl (C=O) groups is 1. The summed E-state index contributed by atoms with van der Waals surface area (Å²) < 4.78 is 28.7. The van der Waals surface area contributed by atoms with Crippen molar-refractivity contribution in [2.24, 2.45) is 0 Å². The molecule has 0 atom stereocenters. The number of amides is 1. The summed E-state index contributed by atoms with van der Waals surface area (Å²) in [6.07, 6.45) is 1.07. The van der Waals surface area contributed by atoms with Crippen LogP contribution in [0.1, 0.15) is 20.9 Å². The van der Waals surface area contributed by atoms with Crippen LogP contribution < -0.4 is 10.0 Å². The molecule has 1 amide bonds. The first-order chi connectivity index (χ1) is 9.76. The second-order valence-corrected chi connectivity index (χ2v) is 7.05. The van der Waals surface area contributed by atoms with Crippen molar-refractivity contribution in [3.8, 4) is 0 Å². The molecular formula is C12H14N4O3S2. The SMILES string of the molecule is Cc1ccc(NC(=O)c2snnc2C)cc1NS(C)(=O)=O. The topological polar surface area (TPSA) is 101 Å². The molecule has 1 aromatic carbocycles. The molecule has 9 heteroatoms. The number of nitrogens with one attached hydrogen (secondary N) is 2. The molecule has 2 aromatic rings. The molecule has 0 saturated carbocycles. The van der Waals surface area contributed by atoms with Crippen molar-refractivity contribution in [2.45, 2.75) is 13.8 Å². The van der Waals surface area contributed by atoms with Crippen LogP contribution in [0.15, 0.2) is 18.2 Å². The standard InChI is InChI=1S/C12H14N4O3S2/c1-7-4-5-9(6-10(7)15-21(3,18)19)13-12(17)11-8(2)14-16-20-11/h4-6,15H,1-3H3,(H,13,17). The van der Waals surface area contributed by atoms with Gasteiger partial charge < -0.3 is 5.32 Å². The highest BCUT2D eigenvalue weighted by atomic mass is 32.2. The fourth-order valence-electron chi connectivity index (χ4n) is 1.64. The van der Waals surface area contributed by atoms with Crippen LogP contribution >= 0.6 is 11.5 Å². The third-order valence-electron chi connectivity index (χ3n) is 2.65. The number of carbonyl (C=O) groups excluding carboxylic acids is 1. The molecule has 2 N–H and O–H groups in total. The van der Waals surface area contributed by atoms with Gasteiger partial charge in [-0.15, -0.1) is 5.10 Å². The number of benzene rings is 1. The number of hydrogen-bond acceptors (Lipinski definition) is 6. The second kappa shape index (κ2) is 5.78. The number of hydrogen-bond donors (Lipinski definition) is 2. The fraction of sp³-hybridized carbons (Fsp3) is 0.250. The largest absolute Gasteiger partial charge is 0.321 e. The predicted molar refractivity (Wildman–Crippen MR) is 82.2 cm³/mol. The van der Waals surface area contributed by atoms with Crippen LogP contribution in [0.2, 0.25) is 0 Å². The zero-order chi connectivity index (χ0) is 15.6. The number of anilines is 2. The summed E-state index contributed by atoms with van der Waals surface area (Å²) in [7, 11) is -3.38. The summed E-state index contributed by atoms with van der Waals surface area (Å²) in [6.45, 7) is 3.47. The third kappa shape index (κ3) is 3.99. The molecule has 1 aromatic heterocycles. The molecule has 0 unspecified atom stereocenters. The Morgan fingerprint density at radius 1 is 1.29 bits per heavy atom. The smallest absolute Gasteiger partial charge is 0.269 e. The monoisotopic (exact) mass is 326 g/mol. The van der Waals surface area contributed by atoms with Crippen molar-refractivity contribution >= 4 is 38.8 Å². The molecular weight excluding hydrogens is 312 g/mol. The highest BCUT2D eigenvalue weighted by Crippen LogP contribution is 2.22. The highest BCUT2D eigenvalue weighted by molar-refractivity contribution is 7.92. The van der Waals surface area contributed by atoms with E-state index in [0.717, 1.165) is 23.4 Å². The number of nitrogens with zero attached hydrogens (tertiary/aromatic N) is 2. The minimum absolute atomic E-state index is 0.323. The van der Waals surface area contributed by atoms with E-state index in [-0.39, 0.29) is 5.91 Å². The van der Waals surface area contributed by atoms with Gasteiger partial charge in [0.25, 0.3) is 5.91 Å². The fourth-order valence-corrected chi connectivity index (χ4v) is 2.81. The Kier molecular flexibility index (Phi) is 4.24. The van der Waals surface area contributed by atoms with Gasteiger partial charge in [-0.2, -0.15) is 0 Å². The summed E-state index contributed by atoms with van der Waals surface area (Å²) in [4.78, 5) is 12.5. The van der Waals surface area contributed by atoms with Gasteiger partial charge in [0.05, 0.1) is 17.6 Å². The minimum Gasteiger partial charge on any atom is -0.321 e. The number of sulfonamides is 1. The lowest BCUT2D eigenvalue weighted by Crippen LogP contribution is -2.13. The van der Waals surface area contributed by atoms with E-state index < -0.39 is 10.0 Å². The van der Waals surface area contributed by atoms with Crippen molar-refractivity contribution in [3.05, 3.63) is 34.3 Å². The lowest BCUT2D eigenvalue weighted by molar-refractivity contribution is 0.103. The zero-order valence-electron chi connectivity index (χ0n) is 11.7. The van der Waals surface area contributed by atoms with Crippen molar-refractivity contribution in [3.63, 3.8) is 0 Å². The molecule has 0 fully saturated rings. The Balaban J connectivity index is 2.24. The predicted octanol–water partition coefficient (Wildman–Crippen LogP) is 1.78. The second-order valence-electron chi connectivity index (χ2n) is 4.55. The molecule has 0 spiro atoms. The summed E-state index contributed by atoms with van der Waals surface area (Å²) >= 11 is 1.01. The van der Waals surface area contributed by atoms with Crippen LogP contribution in [0.25, 0.3) is 0 Å². The van der Waals surface area contributed by atoms with Gasteiger partial charge in [-0.25, -0.2) is 8.42 Å². The molecule has 0 radical (unpaired) electrons. The van der Waals surface area contributed by atoms with Gasteiger partial charge >= 0.3 is 0 Å². The molecule has 0 bridgehead atoms. The Morgan fingerprint density at radius 2 is 2.00 bits per heavy atom. The van der Waals surface area contributed by atoms with Crippen LogP contribution in [-0.4, -0.2) is 30.2 Å². The van der Waals surface area contributed by atoms with Gasteiger partial charge in [-0.1, -0.05) is 10.6 Å². The van der Waals surface area contributed by atoms with Crippen molar-refractivity contribution in [2.75, 3.05) is 16.3 Å². The summed E-state index contributed by atoms with van der Waals surface area (Å²) in [5, 5.41) is 6.47. The summed E-state index contributed by atoms with van der Waals surface area (Å²) in [6, 6.07) is 4.99. The number of aryl methyl sites for hydroxylation is 2. The normalized spacial score (nSPS) is 11.2. The van der Waals surface area contributed by atoms with Crippen LogP contribution in [0.4, 0.5) is 11.4 Å². The molecule has 21 heavy (non-hydrogen) atoms. The average molecular weight is 326 g/mol. The van der Waals surface area contributed by atoms with Crippen LogP contribution in [0, 0.1) is 13.8 Å². The Hall–Kier alpha value is -2.00. The first kappa shape index (κ1) is 15.4. The zero-order valence-corrected chi connectivity index (χ0v) is 13.3. The van der Waals surface area contributed by atoms with Crippen molar-refractivity contribution in [1.29, 1.82) is 0 Å². The lowest BCUT2D eigenvalue weighted by atomic mass is 10.2. The molecule has 7 nitrogen and oxygen atoms in total. The molecule has 0 saturated heterocycles. The van der Waals surface area contributed by atoms with Gasteiger partial charge in [0.15, 0.2) is 0 Å². The molecule has 1 heterocycles. The van der Waals surface area contributed by atoms with E-state index in [1.165, 1.54) is 0 Å². The van der Waals surface area contributed by atoms with E-state index >= 15 is 0 Å². The van der Waals surface area contributed by atoms with Crippen LogP contribution in [0.5, 0.6) is 0 Å². The lowest BCUT2D eigenvalue weighted by Gasteiger charge is -2.10. The minimum atomic E-state index is -3.38. The third-order valence-corrected chi connectivity index (χ3v) is 4.07. The van der Waals surface area contributed by atoms with E-state index in [1.807, 2.05) is 0 Å². The van der Waals surface area contributed by atoms with E-state index in [2.05, 4.69) is 19.6 Å². The molecule has 0 aliphatic carbocycles. The van der Waals surface area contributed by atoms with Gasteiger partial charge in [-0.05, 0) is 43.1 Å². The van der Waals surface area contributed by atoms with Crippen molar-refractivity contribution in [1.82, 2.24) is 9.59 Å². The maximum atomic E-state index is 12.1. The van der Waals surface area contributed by atoms with Crippen LogP contribution in [0.3, 0.4) is 0 Å². The highest BCUT2D eigenvalue weighted by Gasteiger charge is 2.14. The maximum absolute atomic E-state index is 12.1.